The molecule has 1 N–H and O–H groups in total. The van der Waals surface area contributed by atoms with Gasteiger partial charge in [0, 0.05) is 16.2 Å². The van der Waals surface area contributed by atoms with Crippen molar-refractivity contribution in [2.75, 3.05) is 0 Å². The van der Waals surface area contributed by atoms with E-state index in [-0.39, 0.29) is 11.5 Å². The minimum atomic E-state index is -0.161. The summed E-state index contributed by atoms with van der Waals surface area (Å²) in [7, 11) is 0. The normalized spacial score (nSPS) is 21.4. The van der Waals surface area contributed by atoms with Gasteiger partial charge in [-0.1, -0.05) is 33.1 Å². The second-order valence-corrected chi connectivity index (χ2v) is 6.91. The SMILES string of the molecule is CCc1ccc(CC(O)C2(C)CCCCC2)s1. The van der Waals surface area contributed by atoms with Crippen LogP contribution >= 0.6 is 11.3 Å². The van der Waals surface area contributed by atoms with Crippen molar-refractivity contribution in [3.63, 3.8) is 0 Å². The molecule has 1 unspecified atom stereocenters. The maximum Gasteiger partial charge on any atom is 0.0641 e. The number of hydrogen-bond donors (Lipinski definition) is 1. The van der Waals surface area contributed by atoms with Gasteiger partial charge in [-0.05, 0) is 36.8 Å². The van der Waals surface area contributed by atoms with E-state index in [0.717, 1.165) is 12.8 Å². The van der Waals surface area contributed by atoms with Crippen LogP contribution in [-0.2, 0) is 12.8 Å². The zero-order chi connectivity index (χ0) is 12.3. The molecule has 0 amide bonds. The molecular weight excluding hydrogens is 228 g/mol. The van der Waals surface area contributed by atoms with Crippen LogP contribution in [0.4, 0.5) is 0 Å². The predicted octanol–water partition coefficient (Wildman–Crippen LogP) is 4.18. The van der Waals surface area contributed by atoms with E-state index < -0.39 is 0 Å². The summed E-state index contributed by atoms with van der Waals surface area (Å²) in [5.74, 6) is 0. The molecule has 1 saturated carbocycles. The monoisotopic (exact) mass is 252 g/mol. The van der Waals surface area contributed by atoms with E-state index in [2.05, 4.69) is 26.0 Å². The number of aryl methyl sites for hydroxylation is 1. The molecule has 0 aromatic carbocycles. The van der Waals surface area contributed by atoms with Crippen LogP contribution in [0.5, 0.6) is 0 Å². The van der Waals surface area contributed by atoms with E-state index in [1.807, 2.05) is 11.3 Å². The molecule has 96 valence electrons. The fraction of sp³-hybridized carbons (Fsp3) is 0.733. The van der Waals surface area contributed by atoms with Gasteiger partial charge in [-0.2, -0.15) is 0 Å². The van der Waals surface area contributed by atoms with Gasteiger partial charge in [-0.25, -0.2) is 0 Å². The highest BCUT2D eigenvalue weighted by molar-refractivity contribution is 7.11. The van der Waals surface area contributed by atoms with Gasteiger partial charge < -0.3 is 5.11 Å². The highest BCUT2D eigenvalue weighted by Crippen LogP contribution is 2.40. The van der Waals surface area contributed by atoms with Crippen molar-refractivity contribution < 1.29 is 5.11 Å². The number of rotatable bonds is 4. The third-order valence-electron chi connectivity index (χ3n) is 4.26. The molecule has 0 bridgehead atoms. The molecule has 17 heavy (non-hydrogen) atoms. The first-order valence-electron chi connectivity index (χ1n) is 6.90. The van der Waals surface area contributed by atoms with Gasteiger partial charge in [0.25, 0.3) is 0 Å². The minimum Gasteiger partial charge on any atom is -0.392 e. The maximum atomic E-state index is 10.5. The van der Waals surface area contributed by atoms with E-state index in [4.69, 9.17) is 0 Å². The van der Waals surface area contributed by atoms with E-state index in [9.17, 15) is 5.11 Å². The van der Waals surface area contributed by atoms with Crippen LogP contribution in [0.15, 0.2) is 12.1 Å². The molecule has 2 rings (SSSR count). The Hall–Kier alpha value is -0.340. The van der Waals surface area contributed by atoms with E-state index in [1.54, 1.807) is 0 Å². The van der Waals surface area contributed by atoms with E-state index >= 15 is 0 Å². The number of hydrogen-bond acceptors (Lipinski definition) is 2. The Bertz CT molecular complexity index is 350. The second-order valence-electron chi connectivity index (χ2n) is 5.66. The molecule has 0 aliphatic heterocycles. The molecule has 1 aliphatic carbocycles. The van der Waals surface area contributed by atoms with Crippen LogP contribution in [-0.4, -0.2) is 11.2 Å². The lowest BCUT2D eigenvalue weighted by molar-refractivity contribution is 0.0109. The molecule has 1 nitrogen and oxygen atoms in total. The van der Waals surface area contributed by atoms with Crippen molar-refractivity contribution in [3.05, 3.63) is 21.9 Å². The highest BCUT2D eigenvalue weighted by atomic mass is 32.1. The molecule has 0 saturated heterocycles. The number of aliphatic hydroxyl groups excluding tert-OH is 1. The van der Waals surface area contributed by atoms with Crippen molar-refractivity contribution in [2.24, 2.45) is 5.41 Å². The Balaban J connectivity index is 1.97. The summed E-state index contributed by atoms with van der Waals surface area (Å²) in [6, 6.07) is 4.40. The Labute approximate surface area is 109 Å². The van der Waals surface area contributed by atoms with Crippen LogP contribution in [0.3, 0.4) is 0 Å². The first-order chi connectivity index (χ1) is 8.14. The number of thiophene rings is 1. The third kappa shape index (κ3) is 3.11. The van der Waals surface area contributed by atoms with E-state index in [1.165, 1.54) is 41.9 Å². The van der Waals surface area contributed by atoms with Crippen molar-refractivity contribution in [1.82, 2.24) is 0 Å². The molecule has 0 radical (unpaired) electrons. The standard InChI is InChI=1S/C15H24OS/c1-3-12-7-8-13(17-12)11-14(16)15(2)9-5-4-6-10-15/h7-8,14,16H,3-6,9-11H2,1-2H3. The van der Waals surface area contributed by atoms with Crippen LogP contribution in [0.25, 0.3) is 0 Å². The van der Waals surface area contributed by atoms with Crippen LogP contribution in [0, 0.1) is 5.41 Å². The summed E-state index contributed by atoms with van der Waals surface area (Å²) < 4.78 is 0. The topological polar surface area (TPSA) is 20.2 Å². The van der Waals surface area contributed by atoms with Gasteiger partial charge in [0.2, 0.25) is 0 Å². The fourth-order valence-corrected chi connectivity index (χ4v) is 3.85. The predicted molar refractivity (Wildman–Crippen MR) is 74.6 cm³/mol. The summed E-state index contributed by atoms with van der Waals surface area (Å²) in [6.07, 6.45) is 8.11. The summed E-state index contributed by atoms with van der Waals surface area (Å²) >= 11 is 1.86. The zero-order valence-corrected chi connectivity index (χ0v) is 11.9. The third-order valence-corrected chi connectivity index (χ3v) is 5.51. The van der Waals surface area contributed by atoms with Gasteiger partial charge in [0.15, 0.2) is 0 Å². The lowest BCUT2D eigenvalue weighted by atomic mass is 9.71. The Morgan fingerprint density at radius 3 is 2.47 bits per heavy atom. The zero-order valence-electron chi connectivity index (χ0n) is 11.0. The molecule has 1 aromatic heterocycles. The van der Waals surface area contributed by atoms with Gasteiger partial charge in [-0.3, -0.25) is 0 Å². The van der Waals surface area contributed by atoms with Crippen molar-refractivity contribution >= 4 is 11.3 Å². The van der Waals surface area contributed by atoms with Gasteiger partial charge in [0.1, 0.15) is 0 Å². The molecule has 1 aliphatic rings. The van der Waals surface area contributed by atoms with Crippen LogP contribution < -0.4 is 0 Å². The smallest absolute Gasteiger partial charge is 0.0641 e. The first-order valence-corrected chi connectivity index (χ1v) is 7.71. The quantitative estimate of drug-likeness (QED) is 0.852. The minimum absolute atomic E-state index is 0.161. The lowest BCUT2D eigenvalue weighted by Gasteiger charge is -2.37. The molecule has 1 heterocycles. The van der Waals surface area contributed by atoms with Gasteiger partial charge in [-0.15, -0.1) is 11.3 Å². The highest BCUT2D eigenvalue weighted by Gasteiger charge is 2.34. The summed E-state index contributed by atoms with van der Waals surface area (Å²) in [6.45, 7) is 4.46. The maximum absolute atomic E-state index is 10.5. The van der Waals surface area contributed by atoms with E-state index in [0.29, 0.717) is 0 Å². The largest absolute Gasteiger partial charge is 0.392 e. The Kier molecular flexibility index (Phi) is 4.26. The summed E-state index contributed by atoms with van der Waals surface area (Å²) in [4.78, 5) is 2.78. The molecule has 1 atom stereocenters. The lowest BCUT2D eigenvalue weighted by Crippen LogP contribution is -2.35. The Morgan fingerprint density at radius 2 is 1.88 bits per heavy atom. The molecule has 1 aromatic rings. The van der Waals surface area contributed by atoms with Gasteiger partial charge >= 0.3 is 0 Å². The van der Waals surface area contributed by atoms with Crippen molar-refractivity contribution in [3.8, 4) is 0 Å². The van der Waals surface area contributed by atoms with Crippen LogP contribution in [0.2, 0.25) is 0 Å². The molecule has 2 heteroatoms. The van der Waals surface area contributed by atoms with Crippen molar-refractivity contribution in [1.29, 1.82) is 0 Å². The fourth-order valence-electron chi connectivity index (χ4n) is 2.85. The molecule has 1 fully saturated rings. The first kappa shape index (κ1) is 13.1. The second kappa shape index (κ2) is 5.53. The summed E-state index contributed by atoms with van der Waals surface area (Å²) in [5, 5.41) is 10.5. The van der Waals surface area contributed by atoms with Crippen molar-refractivity contribution in [2.45, 2.75) is 64.9 Å². The average Bonchev–Trinajstić information content (AvgIpc) is 2.78. The number of aliphatic hydroxyl groups is 1. The van der Waals surface area contributed by atoms with Crippen LogP contribution in [0.1, 0.15) is 55.7 Å². The molecule has 0 spiro atoms. The summed E-state index contributed by atoms with van der Waals surface area (Å²) in [5.41, 5.74) is 0.161. The van der Waals surface area contributed by atoms with Gasteiger partial charge in [0.05, 0.1) is 6.10 Å². The average molecular weight is 252 g/mol. The Morgan fingerprint density at radius 1 is 1.24 bits per heavy atom. The molecular formula is C15H24OS.